The molecule has 0 aliphatic carbocycles. The van der Waals surface area contributed by atoms with Gasteiger partial charge >= 0.3 is 0 Å². The Morgan fingerprint density at radius 1 is 1.00 bits per heavy atom. The van der Waals surface area contributed by atoms with Crippen molar-refractivity contribution in [3.63, 3.8) is 0 Å². The van der Waals surface area contributed by atoms with Gasteiger partial charge in [0.2, 0.25) is 0 Å². The largest absolute Gasteiger partial charge is 0.377 e. The molecule has 0 amide bonds. The van der Waals surface area contributed by atoms with Crippen molar-refractivity contribution < 1.29 is 13.6 Å². The average molecular weight is 247 g/mol. The van der Waals surface area contributed by atoms with E-state index in [0.29, 0.717) is 11.3 Å². The van der Waals surface area contributed by atoms with Crippen LogP contribution in [0.3, 0.4) is 0 Å². The number of hydrogen-bond acceptors (Lipinski definition) is 2. The summed E-state index contributed by atoms with van der Waals surface area (Å²) >= 11 is 0. The number of Topliss-reactive ketones (excluding diaryl/α,β-unsaturated/α-hetero) is 1. The van der Waals surface area contributed by atoms with Crippen molar-refractivity contribution in [3.8, 4) is 0 Å². The van der Waals surface area contributed by atoms with Gasteiger partial charge in [0, 0.05) is 11.3 Å². The lowest BCUT2D eigenvalue weighted by Crippen LogP contribution is -2.14. The van der Waals surface area contributed by atoms with Gasteiger partial charge in [-0.15, -0.1) is 0 Å². The van der Waals surface area contributed by atoms with E-state index in [-0.39, 0.29) is 24.0 Å². The van der Waals surface area contributed by atoms with Gasteiger partial charge in [-0.1, -0.05) is 6.07 Å². The van der Waals surface area contributed by atoms with Gasteiger partial charge in [0.25, 0.3) is 0 Å². The van der Waals surface area contributed by atoms with Crippen LogP contribution in [0.1, 0.15) is 10.4 Å². The zero-order chi connectivity index (χ0) is 13.0. The summed E-state index contributed by atoms with van der Waals surface area (Å²) in [6.45, 7) is 0.0368. The minimum absolute atomic E-state index is 0.0368. The number of halogens is 2. The van der Waals surface area contributed by atoms with Crippen molar-refractivity contribution >= 4 is 11.5 Å². The van der Waals surface area contributed by atoms with Gasteiger partial charge < -0.3 is 5.32 Å². The Hall–Kier alpha value is -2.23. The van der Waals surface area contributed by atoms with E-state index in [1.54, 1.807) is 12.1 Å². The summed E-state index contributed by atoms with van der Waals surface area (Å²) in [6, 6.07) is 11.2. The fourth-order valence-corrected chi connectivity index (χ4v) is 1.52. The summed E-state index contributed by atoms with van der Waals surface area (Å²) < 4.78 is 25.6. The third-order valence-corrected chi connectivity index (χ3v) is 2.44. The van der Waals surface area contributed by atoms with Crippen LogP contribution in [0.5, 0.6) is 0 Å². The molecule has 18 heavy (non-hydrogen) atoms. The number of anilines is 1. The second-order valence-corrected chi connectivity index (χ2v) is 3.79. The van der Waals surface area contributed by atoms with Gasteiger partial charge in [-0.25, -0.2) is 8.78 Å². The third-order valence-electron chi connectivity index (χ3n) is 2.44. The molecule has 2 aromatic rings. The summed E-state index contributed by atoms with van der Waals surface area (Å²) in [7, 11) is 0. The number of nitrogens with one attached hydrogen (secondary N) is 1. The van der Waals surface area contributed by atoms with Crippen LogP contribution in [0, 0.1) is 11.6 Å². The molecule has 0 saturated carbocycles. The number of carbonyl (C=O) groups is 1. The van der Waals surface area contributed by atoms with Crippen LogP contribution >= 0.6 is 0 Å². The van der Waals surface area contributed by atoms with Crippen molar-refractivity contribution in [3.05, 3.63) is 65.7 Å². The lowest BCUT2D eigenvalue weighted by atomic mass is 10.1. The summed E-state index contributed by atoms with van der Waals surface area (Å²) in [5, 5.41) is 2.82. The highest BCUT2D eigenvalue weighted by atomic mass is 19.1. The lowest BCUT2D eigenvalue weighted by molar-refractivity contribution is 0.101. The molecule has 0 bridgehead atoms. The Balaban J connectivity index is 1.98. The van der Waals surface area contributed by atoms with E-state index in [9.17, 15) is 13.6 Å². The van der Waals surface area contributed by atoms with Crippen molar-refractivity contribution in [1.82, 2.24) is 0 Å². The number of carbonyl (C=O) groups excluding carboxylic acids is 1. The summed E-state index contributed by atoms with van der Waals surface area (Å²) in [4.78, 5) is 11.7. The molecule has 0 fully saturated rings. The Labute approximate surface area is 103 Å². The fraction of sp³-hybridized carbons (Fsp3) is 0.0714. The standard InChI is InChI=1S/C14H11F2NO/c15-11-6-4-10(5-7-11)14(18)9-17-13-3-1-2-12(16)8-13/h1-8,17H,9H2. The van der Waals surface area contributed by atoms with E-state index in [0.717, 1.165) is 0 Å². The van der Waals surface area contributed by atoms with Crippen molar-refractivity contribution in [2.45, 2.75) is 0 Å². The number of ketones is 1. The Morgan fingerprint density at radius 3 is 2.39 bits per heavy atom. The number of benzene rings is 2. The number of hydrogen-bond donors (Lipinski definition) is 1. The van der Waals surface area contributed by atoms with Crippen molar-refractivity contribution in [1.29, 1.82) is 0 Å². The highest BCUT2D eigenvalue weighted by molar-refractivity contribution is 5.98. The predicted octanol–water partition coefficient (Wildman–Crippen LogP) is 3.26. The molecule has 2 nitrogen and oxygen atoms in total. The molecule has 0 unspecified atom stereocenters. The summed E-state index contributed by atoms with van der Waals surface area (Å²) in [5.74, 6) is -0.932. The minimum atomic E-state index is -0.385. The molecule has 92 valence electrons. The molecule has 0 heterocycles. The van der Waals surface area contributed by atoms with Gasteiger partial charge in [0.1, 0.15) is 11.6 Å². The van der Waals surface area contributed by atoms with Crippen LogP contribution in [-0.2, 0) is 0 Å². The van der Waals surface area contributed by atoms with E-state index >= 15 is 0 Å². The number of rotatable bonds is 4. The lowest BCUT2D eigenvalue weighted by Gasteiger charge is -2.05. The average Bonchev–Trinajstić information content (AvgIpc) is 2.37. The summed E-state index contributed by atoms with van der Waals surface area (Å²) in [5.41, 5.74) is 0.950. The van der Waals surface area contributed by atoms with Crippen LogP contribution in [0.2, 0.25) is 0 Å². The molecule has 0 radical (unpaired) electrons. The van der Waals surface area contributed by atoms with Crippen LogP contribution in [0.4, 0.5) is 14.5 Å². The molecule has 1 N–H and O–H groups in total. The molecule has 0 atom stereocenters. The molecule has 0 aliphatic rings. The van der Waals surface area contributed by atoms with E-state index in [4.69, 9.17) is 0 Å². The first-order chi connectivity index (χ1) is 8.65. The molecular formula is C14H11F2NO. The first kappa shape index (κ1) is 12.2. The SMILES string of the molecule is O=C(CNc1cccc(F)c1)c1ccc(F)cc1. The van der Waals surface area contributed by atoms with Gasteiger partial charge in [0.05, 0.1) is 6.54 Å². The molecule has 4 heteroatoms. The maximum absolute atomic E-state index is 12.9. The summed E-state index contributed by atoms with van der Waals surface area (Å²) in [6.07, 6.45) is 0. The van der Waals surface area contributed by atoms with Crippen LogP contribution in [0.25, 0.3) is 0 Å². The Morgan fingerprint density at radius 2 is 1.72 bits per heavy atom. The third kappa shape index (κ3) is 3.13. The first-order valence-corrected chi connectivity index (χ1v) is 5.43. The van der Waals surface area contributed by atoms with Gasteiger partial charge in [-0.2, -0.15) is 0 Å². The van der Waals surface area contributed by atoms with Gasteiger partial charge in [0.15, 0.2) is 5.78 Å². The maximum atomic E-state index is 12.9. The zero-order valence-corrected chi connectivity index (χ0v) is 9.49. The fourth-order valence-electron chi connectivity index (χ4n) is 1.52. The topological polar surface area (TPSA) is 29.1 Å². The first-order valence-electron chi connectivity index (χ1n) is 5.43. The minimum Gasteiger partial charge on any atom is -0.377 e. The van der Waals surface area contributed by atoms with Crippen molar-refractivity contribution in [2.75, 3.05) is 11.9 Å². The van der Waals surface area contributed by atoms with Crippen LogP contribution in [0.15, 0.2) is 48.5 Å². The molecule has 0 aliphatic heterocycles. The smallest absolute Gasteiger partial charge is 0.181 e. The molecule has 0 spiro atoms. The molecule has 2 aromatic carbocycles. The molecule has 0 aromatic heterocycles. The van der Waals surface area contributed by atoms with E-state index in [1.165, 1.54) is 36.4 Å². The second kappa shape index (κ2) is 5.40. The van der Waals surface area contributed by atoms with Gasteiger partial charge in [-0.3, -0.25) is 4.79 Å². The maximum Gasteiger partial charge on any atom is 0.181 e. The van der Waals surface area contributed by atoms with E-state index < -0.39 is 0 Å². The molecule has 0 saturated heterocycles. The quantitative estimate of drug-likeness (QED) is 0.840. The predicted molar refractivity (Wildman–Crippen MR) is 65.6 cm³/mol. The Kier molecular flexibility index (Phi) is 3.67. The van der Waals surface area contributed by atoms with Crippen molar-refractivity contribution in [2.24, 2.45) is 0 Å². The highest BCUT2D eigenvalue weighted by Gasteiger charge is 2.05. The van der Waals surface area contributed by atoms with Gasteiger partial charge in [-0.05, 0) is 42.5 Å². The molecular weight excluding hydrogens is 236 g/mol. The Bertz CT molecular complexity index is 552. The monoisotopic (exact) mass is 247 g/mol. The zero-order valence-electron chi connectivity index (χ0n) is 9.49. The molecule has 2 rings (SSSR count). The highest BCUT2D eigenvalue weighted by Crippen LogP contribution is 2.10. The van der Waals surface area contributed by atoms with Crippen LogP contribution < -0.4 is 5.32 Å². The van der Waals surface area contributed by atoms with E-state index in [1.807, 2.05) is 0 Å². The van der Waals surface area contributed by atoms with Crippen LogP contribution in [-0.4, -0.2) is 12.3 Å². The van der Waals surface area contributed by atoms with E-state index in [2.05, 4.69) is 5.32 Å². The second-order valence-electron chi connectivity index (χ2n) is 3.79. The normalized spacial score (nSPS) is 10.1.